The van der Waals surface area contributed by atoms with Gasteiger partial charge in [0, 0.05) is 12.8 Å². The number of nitrogens with one attached hydrogen (secondary N) is 1. The molecule has 0 fully saturated rings. The monoisotopic (exact) mass is 289 g/mol. The van der Waals surface area contributed by atoms with Gasteiger partial charge < -0.3 is 19.5 Å². The van der Waals surface area contributed by atoms with E-state index < -0.39 is 18.1 Å². The van der Waals surface area contributed by atoms with Crippen molar-refractivity contribution in [3.8, 4) is 5.75 Å². The van der Waals surface area contributed by atoms with Gasteiger partial charge in [-0.1, -0.05) is 0 Å². The molecule has 0 unspecified atom stereocenters. The lowest BCUT2D eigenvalue weighted by Gasteiger charge is -2.25. The van der Waals surface area contributed by atoms with Crippen LogP contribution in [0.15, 0.2) is 24.3 Å². The van der Waals surface area contributed by atoms with Crippen LogP contribution in [-0.2, 0) is 14.3 Å². The zero-order valence-electron chi connectivity index (χ0n) is 11.5. The molecule has 0 aliphatic rings. The molecule has 0 heterocycles. The second-order valence-corrected chi connectivity index (χ2v) is 3.82. The summed E-state index contributed by atoms with van der Waals surface area (Å²) in [7, 11) is 2.31. The van der Waals surface area contributed by atoms with E-state index in [0.717, 1.165) is 7.11 Å². The molecule has 7 heteroatoms. The molecule has 0 aliphatic heterocycles. The van der Waals surface area contributed by atoms with Crippen LogP contribution in [0.25, 0.3) is 0 Å². The van der Waals surface area contributed by atoms with E-state index in [-0.39, 0.29) is 6.61 Å². The molecule has 20 heavy (non-hydrogen) atoms. The largest absolute Gasteiger partial charge is 0.497 e. The number of ether oxygens (including phenoxy) is 3. The zero-order chi connectivity index (χ0) is 15.2. The van der Waals surface area contributed by atoms with E-state index in [0.29, 0.717) is 11.4 Å². The summed E-state index contributed by atoms with van der Waals surface area (Å²) >= 11 is 0. The Morgan fingerprint density at radius 1 is 1.30 bits per heavy atom. The molecule has 0 aliphatic carbocycles. The van der Waals surface area contributed by atoms with Crippen LogP contribution in [0.2, 0.25) is 0 Å². The number of hydrogen-bond donors (Lipinski definition) is 1. The molecule has 0 amide bonds. The van der Waals surface area contributed by atoms with Gasteiger partial charge in [0.2, 0.25) is 6.04 Å². The highest BCUT2D eigenvalue weighted by molar-refractivity contribution is 5.80. The van der Waals surface area contributed by atoms with Gasteiger partial charge in [0.25, 0.3) is 0 Å². The molecular formula is C13H17F2NO4. The minimum absolute atomic E-state index is 0.000575. The van der Waals surface area contributed by atoms with Gasteiger partial charge in [-0.05, 0) is 31.2 Å². The maximum atomic E-state index is 13.6. The molecule has 112 valence electrons. The minimum Gasteiger partial charge on any atom is -0.497 e. The first-order valence-electron chi connectivity index (χ1n) is 5.94. The Hall–Kier alpha value is -1.89. The van der Waals surface area contributed by atoms with E-state index in [1.807, 2.05) is 0 Å². The van der Waals surface area contributed by atoms with Crippen LogP contribution in [0.5, 0.6) is 5.75 Å². The molecule has 5 nitrogen and oxygen atoms in total. The number of anilines is 1. The Kier molecular flexibility index (Phi) is 5.69. The van der Waals surface area contributed by atoms with Crippen LogP contribution in [0.1, 0.15) is 6.92 Å². The van der Waals surface area contributed by atoms with Crippen molar-refractivity contribution >= 4 is 11.7 Å². The first-order valence-corrected chi connectivity index (χ1v) is 5.94. The van der Waals surface area contributed by atoms with Gasteiger partial charge in [0.1, 0.15) is 5.75 Å². The predicted molar refractivity (Wildman–Crippen MR) is 69.0 cm³/mol. The van der Waals surface area contributed by atoms with Gasteiger partial charge in [-0.2, -0.15) is 8.78 Å². The second kappa shape index (κ2) is 7.04. The summed E-state index contributed by atoms with van der Waals surface area (Å²) in [6.45, 7) is 1.53. The number of alkyl halides is 2. The highest BCUT2D eigenvalue weighted by atomic mass is 19.3. The van der Waals surface area contributed by atoms with Crippen LogP contribution in [0.3, 0.4) is 0 Å². The summed E-state index contributed by atoms with van der Waals surface area (Å²) in [4.78, 5) is 11.6. The molecule has 1 atom stereocenters. The number of rotatable bonds is 7. The topological polar surface area (TPSA) is 56.8 Å². The van der Waals surface area contributed by atoms with Crippen molar-refractivity contribution in [2.45, 2.75) is 19.1 Å². The second-order valence-electron chi connectivity index (χ2n) is 3.82. The van der Waals surface area contributed by atoms with Crippen molar-refractivity contribution in [1.82, 2.24) is 0 Å². The molecule has 1 N–H and O–H groups in total. The lowest BCUT2D eigenvalue weighted by atomic mass is 10.2. The van der Waals surface area contributed by atoms with Gasteiger partial charge in [0.05, 0.1) is 13.7 Å². The molecule has 1 aromatic carbocycles. The number of carbonyl (C=O) groups is 1. The standard InChI is InChI=1S/C13H17F2NO4/c1-4-20-12(17)11(13(14,15)19-3)16-9-5-7-10(18-2)8-6-9/h5-8,11,16H,4H2,1-3H3/t11-/m1/s1. The van der Waals surface area contributed by atoms with E-state index in [1.54, 1.807) is 12.1 Å². The van der Waals surface area contributed by atoms with E-state index in [4.69, 9.17) is 4.74 Å². The van der Waals surface area contributed by atoms with Crippen molar-refractivity contribution in [2.24, 2.45) is 0 Å². The average Bonchev–Trinajstić information content (AvgIpc) is 2.45. The average molecular weight is 289 g/mol. The summed E-state index contributed by atoms with van der Waals surface area (Å²) < 4.78 is 40.9. The highest BCUT2D eigenvalue weighted by Crippen LogP contribution is 2.25. The van der Waals surface area contributed by atoms with Crippen LogP contribution in [0.4, 0.5) is 14.5 Å². The molecule has 0 saturated heterocycles. The maximum Gasteiger partial charge on any atom is 0.386 e. The van der Waals surface area contributed by atoms with E-state index in [9.17, 15) is 13.6 Å². The van der Waals surface area contributed by atoms with Gasteiger partial charge in [-0.3, -0.25) is 0 Å². The SMILES string of the molecule is CCOC(=O)[C@@H](Nc1ccc(OC)cc1)C(F)(F)OC. The molecule has 1 rings (SSSR count). The third-order valence-corrected chi connectivity index (χ3v) is 2.53. The van der Waals surface area contributed by atoms with E-state index >= 15 is 0 Å². The third-order valence-electron chi connectivity index (χ3n) is 2.53. The Labute approximate surface area is 115 Å². The third kappa shape index (κ3) is 4.06. The van der Waals surface area contributed by atoms with Gasteiger partial charge in [-0.25, -0.2) is 4.79 Å². The Morgan fingerprint density at radius 2 is 1.90 bits per heavy atom. The zero-order valence-corrected chi connectivity index (χ0v) is 11.5. The number of benzene rings is 1. The van der Waals surface area contributed by atoms with Crippen molar-refractivity contribution in [3.05, 3.63) is 24.3 Å². The first kappa shape index (κ1) is 16.2. The maximum absolute atomic E-state index is 13.6. The highest BCUT2D eigenvalue weighted by Gasteiger charge is 2.46. The fourth-order valence-electron chi connectivity index (χ4n) is 1.48. The Bertz CT molecular complexity index is 437. The van der Waals surface area contributed by atoms with Gasteiger partial charge in [0.15, 0.2) is 0 Å². The van der Waals surface area contributed by atoms with E-state index in [1.165, 1.54) is 26.2 Å². The van der Waals surface area contributed by atoms with Crippen LogP contribution in [-0.4, -0.2) is 38.9 Å². The van der Waals surface area contributed by atoms with Crippen molar-refractivity contribution in [1.29, 1.82) is 0 Å². The van der Waals surface area contributed by atoms with Gasteiger partial charge >= 0.3 is 12.1 Å². The number of hydrogen-bond acceptors (Lipinski definition) is 5. The number of carbonyl (C=O) groups excluding carboxylic acids is 1. The van der Waals surface area contributed by atoms with Crippen LogP contribution >= 0.6 is 0 Å². The van der Waals surface area contributed by atoms with Crippen molar-refractivity contribution in [2.75, 3.05) is 26.1 Å². The fraction of sp³-hybridized carbons (Fsp3) is 0.462. The molecule has 0 bridgehead atoms. The molecular weight excluding hydrogens is 272 g/mol. The van der Waals surface area contributed by atoms with Crippen LogP contribution < -0.4 is 10.1 Å². The number of methoxy groups -OCH3 is 2. The van der Waals surface area contributed by atoms with Gasteiger partial charge in [-0.15, -0.1) is 0 Å². The molecule has 0 spiro atoms. The number of esters is 1. The Morgan fingerprint density at radius 3 is 2.35 bits per heavy atom. The van der Waals surface area contributed by atoms with E-state index in [2.05, 4.69) is 14.8 Å². The number of halogens is 2. The summed E-state index contributed by atoms with van der Waals surface area (Å²) in [5, 5.41) is 2.40. The molecule has 0 saturated carbocycles. The first-order chi connectivity index (χ1) is 9.44. The summed E-state index contributed by atoms with van der Waals surface area (Å²) in [5.74, 6) is -0.517. The smallest absolute Gasteiger partial charge is 0.386 e. The summed E-state index contributed by atoms with van der Waals surface area (Å²) in [6.07, 6.45) is -3.69. The quantitative estimate of drug-likeness (QED) is 0.780. The molecule has 1 aromatic rings. The predicted octanol–water partition coefficient (Wildman–Crippen LogP) is 2.28. The lowest BCUT2D eigenvalue weighted by Crippen LogP contribution is -2.48. The normalized spacial score (nSPS) is 12.7. The summed E-state index contributed by atoms with van der Waals surface area (Å²) in [6, 6.07) is 4.25. The molecule has 0 aromatic heterocycles. The lowest BCUT2D eigenvalue weighted by molar-refractivity contribution is -0.234. The Balaban J connectivity index is 2.90. The minimum atomic E-state index is -3.69. The van der Waals surface area contributed by atoms with Crippen molar-refractivity contribution < 1.29 is 27.8 Å². The van der Waals surface area contributed by atoms with Crippen molar-refractivity contribution in [3.63, 3.8) is 0 Å². The fourth-order valence-corrected chi connectivity index (χ4v) is 1.48. The van der Waals surface area contributed by atoms with Crippen LogP contribution in [0, 0.1) is 0 Å². The molecule has 0 radical (unpaired) electrons. The summed E-state index contributed by atoms with van der Waals surface area (Å²) in [5.41, 5.74) is 0.320.